The number of hydrogen-bond acceptors (Lipinski definition) is 2. The molecular formula is C25H33ClO2. The zero-order valence-electron chi connectivity index (χ0n) is 17.7. The minimum atomic E-state index is -0.105. The molecule has 1 atom stereocenters. The van der Waals surface area contributed by atoms with Crippen LogP contribution in [0.2, 0.25) is 0 Å². The van der Waals surface area contributed by atoms with Crippen LogP contribution in [-0.2, 0) is 16.0 Å². The van der Waals surface area contributed by atoms with Gasteiger partial charge in [0.1, 0.15) is 5.75 Å². The van der Waals surface area contributed by atoms with Gasteiger partial charge in [0.2, 0.25) is 0 Å². The lowest BCUT2D eigenvalue weighted by molar-refractivity contribution is -0.106. The van der Waals surface area contributed by atoms with Crippen LogP contribution in [0.1, 0.15) is 73.8 Å². The molecule has 0 aromatic heterocycles. The van der Waals surface area contributed by atoms with E-state index in [0.717, 1.165) is 38.0 Å². The maximum Gasteiger partial charge on any atom is 0.199 e. The summed E-state index contributed by atoms with van der Waals surface area (Å²) in [5.74, 6) is 1.50. The smallest absolute Gasteiger partial charge is 0.199 e. The molecule has 3 rings (SSSR count). The quantitative estimate of drug-likeness (QED) is 0.463. The first-order valence-corrected chi connectivity index (χ1v) is 11.1. The Kier molecular flexibility index (Phi) is 7.06. The van der Waals surface area contributed by atoms with Crippen molar-refractivity contribution in [2.45, 2.75) is 77.4 Å². The maximum atomic E-state index is 6.14. The Morgan fingerprint density at radius 2 is 1.68 bits per heavy atom. The predicted molar refractivity (Wildman–Crippen MR) is 117 cm³/mol. The van der Waals surface area contributed by atoms with Crippen molar-refractivity contribution in [2.24, 2.45) is 0 Å². The maximum absolute atomic E-state index is 6.14. The molecule has 0 bridgehead atoms. The monoisotopic (exact) mass is 400 g/mol. The van der Waals surface area contributed by atoms with Crippen LogP contribution >= 0.6 is 11.6 Å². The molecule has 28 heavy (non-hydrogen) atoms. The molecule has 0 spiro atoms. The molecule has 2 aromatic rings. The zero-order chi connectivity index (χ0) is 20.1. The summed E-state index contributed by atoms with van der Waals surface area (Å²) in [6, 6.07) is 13.4. The van der Waals surface area contributed by atoms with Gasteiger partial charge in [0.15, 0.2) is 6.29 Å². The summed E-state index contributed by atoms with van der Waals surface area (Å²) in [6.45, 7) is 9.66. The van der Waals surface area contributed by atoms with Gasteiger partial charge in [-0.2, -0.15) is 0 Å². The molecule has 1 aliphatic heterocycles. The summed E-state index contributed by atoms with van der Waals surface area (Å²) in [4.78, 5) is 0. The van der Waals surface area contributed by atoms with Gasteiger partial charge in [-0.15, -0.1) is 11.6 Å². The van der Waals surface area contributed by atoms with Gasteiger partial charge >= 0.3 is 0 Å². The molecule has 0 saturated carbocycles. The highest BCUT2D eigenvalue weighted by molar-refractivity contribution is 6.17. The average Bonchev–Trinajstić information content (AvgIpc) is 2.72. The van der Waals surface area contributed by atoms with Gasteiger partial charge in [0.25, 0.3) is 0 Å². The number of rotatable bonds is 7. The molecule has 0 N–H and O–H groups in total. The van der Waals surface area contributed by atoms with E-state index < -0.39 is 0 Å². The highest BCUT2D eigenvalue weighted by Gasteiger charge is 2.31. The molecule has 2 aromatic carbocycles. The molecule has 1 aliphatic rings. The second kappa shape index (κ2) is 9.33. The molecule has 0 aliphatic carbocycles. The van der Waals surface area contributed by atoms with Crippen LogP contribution in [0, 0.1) is 13.8 Å². The molecule has 0 amide bonds. The standard InChI is InChI=1S/C25H33ClO2/c1-5-25(6-2,21-11-10-20(17-26)18(3)15-21)22-12-13-23(19(4)16-22)28-24-9-7-8-14-27-24/h10-13,15-16,24H,5-9,14,17H2,1-4H3. The summed E-state index contributed by atoms with van der Waals surface area (Å²) in [7, 11) is 0. The van der Waals surface area contributed by atoms with Gasteiger partial charge in [-0.3, -0.25) is 0 Å². The lowest BCUT2D eigenvalue weighted by Gasteiger charge is -2.34. The summed E-state index contributed by atoms with van der Waals surface area (Å²) >= 11 is 6.08. The molecule has 1 saturated heterocycles. The Morgan fingerprint density at radius 3 is 2.21 bits per heavy atom. The van der Waals surface area contributed by atoms with E-state index in [1.807, 2.05) is 0 Å². The highest BCUT2D eigenvalue weighted by atomic mass is 35.5. The van der Waals surface area contributed by atoms with Gasteiger partial charge in [0.05, 0.1) is 6.61 Å². The number of aryl methyl sites for hydroxylation is 2. The molecule has 1 unspecified atom stereocenters. The number of benzene rings is 2. The zero-order valence-corrected chi connectivity index (χ0v) is 18.4. The minimum absolute atomic E-state index is 0.000230. The lowest BCUT2D eigenvalue weighted by Crippen LogP contribution is -2.27. The van der Waals surface area contributed by atoms with Crippen molar-refractivity contribution >= 4 is 11.6 Å². The number of halogens is 1. The molecular weight excluding hydrogens is 368 g/mol. The van der Waals surface area contributed by atoms with Crippen LogP contribution in [0.4, 0.5) is 0 Å². The van der Waals surface area contributed by atoms with Crippen molar-refractivity contribution in [1.29, 1.82) is 0 Å². The molecule has 2 nitrogen and oxygen atoms in total. The van der Waals surface area contributed by atoms with Crippen molar-refractivity contribution < 1.29 is 9.47 Å². The fourth-order valence-electron chi connectivity index (χ4n) is 4.40. The molecule has 1 heterocycles. The molecule has 152 valence electrons. The third kappa shape index (κ3) is 4.23. The summed E-state index contributed by atoms with van der Waals surface area (Å²) < 4.78 is 11.9. The Labute approximate surface area is 175 Å². The van der Waals surface area contributed by atoms with Gasteiger partial charge in [0, 0.05) is 17.7 Å². The van der Waals surface area contributed by atoms with E-state index in [-0.39, 0.29) is 11.7 Å². The Balaban J connectivity index is 1.93. The number of hydrogen-bond donors (Lipinski definition) is 0. The van der Waals surface area contributed by atoms with Crippen LogP contribution < -0.4 is 4.74 Å². The SMILES string of the molecule is CCC(CC)(c1ccc(CCl)c(C)c1)c1ccc(OC2CCCCO2)c(C)c1. The van der Waals surface area contributed by atoms with E-state index in [2.05, 4.69) is 64.1 Å². The van der Waals surface area contributed by atoms with E-state index in [1.165, 1.54) is 34.2 Å². The third-order valence-electron chi connectivity index (χ3n) is 6.37. The van der Waals surface area contributed by atoms with Gasteiger partial charge in [-0.25, -0.2) is 0 Å². The van der Waals surface area contributed by atoms with Crippen LogP contribution in [0.15, 0.2) is 36.4 Å². The van der Waals surface area contributed by atoms with Crippen molar-refractivity contribution in [1.82, 2.24) is 0 Å². The average molecular weight is 401 g/mol. The molecule has 0 radical (unpaired) electrons. The van der Waals surface area contributed by atoms with E-state index in [4.69, 9.17) is 21.1 Å². The third-order valence-corrected chi connectivity index (χ3v) is 6.66. The van der Waals surface area contributed by atoms with E-state index in [9.17, 15) is 0 Å². The van der Waals surface area contributed by atoms with Crippen molar-refractivity contribution in [3.8, 4) is 5.75 Å². The Bertz CT molecular complexity index is 789. The second-order valence-electron chi connectivity index (χ2n) is 7.96. The normalized spacial score (nSPS) is 17.5. The van der Waals surface area contributed by atoms with Crippen LogP contribution in [0.25, 0.3) is 0 Å². The fraction of sp³-hybridized carbons (Fsp3) is 0.520. The van der Waals surface area contributed by atoms with E-state index >= 15 is 0 Å². The van der Waals surface area contributed by atoms with E-state index in [1.54, 1.807) is 0 Å². The first-order valence-electron chi connectivity index (χ1n) is 10.6. The van der Waals surface area contributed by atoms with Crippen molar-refractivity contribution in [2.75, 3.05) is 6.61 Å². The van der Waals surface area contributed by atoms with Crippen molar-refractivity contribution in [3.63, 3.8) is 0 Å². The lowest BCUT2D eigenvalue weighted by atomic mass is 9.70. The summed E-state index contributed by atoms with van der Waals surface area (Å²) in [6.07, 6.45) is 5.28. The Morgan fingerprint density at radius 1 is 1.00 bits per heavy atom. The first kappa shape index (κ1) is 21.2. The molecule has 1 fully saturated rings. The predicted octanol–water partition coefficient (Wildman–Crippen LogP) is 7.05. The second-order valence-corrected chi connectivity index (χ2v) is 8.23. The highest BCUT2D eigenvalue weighted by Crippen LogP contribution is 2.41. The fourth-order valence-corrected chi connectivity index (χ4v) is 4.70. The largest absolute Gasteiger partial charge is 0.465 e. The van der Waals surface area contributed by atoms with Crippen LogP contribution in [0.3, 0.4) is 0 Å². The summed E-state index contributed by atoms with van der Waals surface area (Å²) in [5, 5.41) is 0. The first-order chi connectivity index (χ1) is 13.5. The minimum Gasteiger partial charge on any atom is -0.465 e. The van der Waals surface area contributed by atoms with Crippen LogP contribution in [0.5, 0.6) is 5.75 Å². The van der Waals surface area contributed by atoms with Crippen LogP contribution in [-0.4, -0.2) is 12.9 Å². The number of ether oxygens (including phenoxy) is 2. The summed E-state index contributed by atoms with van der Waals surface area (Å²) in [5.41, 5.74) is 6.37. The van der Waals surface area contributed by atoms with Gasteiger partial charge in [-0.1, -0.05) is 44.2 Å². The van der Waals surface area contributed by atoms with Gasteiger partial charge < -0.3 is 9.47 Å². The number of alkyl halides is 1. The van der Waals surface area contributed by atoms with Gasteiger partial charge in [-0.05, 0) is 73.4 Å². The Hall–Kier alpha value is -1.51. The van der Waals surface area contributed by atoms with Crippen molar-refractivity contribution in [3.05, 3.63) is 64.2 Å². The van der Waals surface area contributed by atoms with E-state index in [0.29, 0.717) is 5.88 Å². The topological polar surface area (TPSA) is 18.5 Å². The molecule has 3 heteroatoms.